The average molecular weight is 269 g/mol. The molecule has 1 N–H and O–H groups in total. The van der Waals surface area contributed by atoms with Crippen LogP contribution in [0.15, 0.2) is 36.4 Å². The highest BCUT2D eigenvalue weighted by Crippen LogP contribution is 2.38. The van der Waals surface area contributed by atoms with E-state index in [0.29, 0.717) is 6.42 Å². The molecule has 102 valence electrons. The predicted octanol–water partition coefficient (Wildman–Crippen LogP) is 3.92. The molecular formula is C17H16FNO. The number of hydrogen-bond acceptors (Lipinski definition) is 1. The average Bonchev–Trinajstić information content (AvgIpc) is 2.40. The molecule has 3 heteroatoms. The monoisotopic (exact) mass is 269 g/mol. The first-order valence-corrected chi connectivity index (χ1v) is 6.71. The Labute approximate surface area is 117 Å². The number of rotatable bonds is 1. The summed E-state index contributed by atoms with van der Waals surface area (Å²) in [6, 6.07) is 10.6. The number of anilines is 1. The van der Waals surface area contributed by atoms with Gasteiger partial charge in [0.15, 0.2) is 0 Å². The lowest BCUT2D eigenvalue weighted by atomic mass is 9.83. The van der Waals surface area contributed by atoms with Gasteiger partial charge in [-0.25, -0.2) is 4.39 Å². The van der Waals surface area contributed by atoms with E-state index in [1.54, 1.807) is 6.07 Å². The summed E-state index contributed by atoms with van der Waals surface area (Å²) in [5, 5.41) is 2.91. The number of nitrogens with one attached hydrogen (secondary N) is 1. The zero-order valence-corrected chi connectivity index (χ0v) is 11.5. The van der Waals surface area contributed by atoms with E-state index in [-0.39, 0.29) is 17.6 Å². The highest BCUT2D eigenvalue weighted by Gasteiger charge is 2.27. The molecule has 2 nitrogen and oxygen atoms in total. The molecule has 20 heavy (non-hydrogen) atoms. The van der Waals surface area contributed by atoms with E-state index in [9.17, 15) is 9.18 Å². The summed E-state index contributed by atoms with van der Waals surface area (Å²) in [6.07, 6.45) is 0.360. The van der Waals surface area contributed by atoms with E-state index < -0.39 is 0 Å². The molecule has 1 aliphatic rings. The Morgan fingerprint density at radius 2 is 1.90 bits per heavy atom. The number of amides is 1. The summed E-state index contributed by atoms with van der Waals surface area (Å²) in [5.41, 5.74) is 5.09. The Kier molecular flexibility index (Phi) is 3.05. The zero-order chi connectivity index (χ0) is 14.3. The van der Waals surface area contributed by atoms with Gasteiger partial charge in [-0.2, -0.15) is 0 Å². The van der Waals surface area contributed by atoms with E-state index in [4.69, 9.17) is 0 Å². The van der Waals surface area contributed by atoms with Crippen molar-refractivity contribution < 1.29 is 9.18 Å². The Hall–Kier alpha value is -2.16. The SMILES string of the molecule is Cc1cc2c(cc1C)[C@@H](c1cccc(F)c1)CC(=O)N2. The molecule has 3 rings (SSSR count). The standard InChI is InChI=1S/C17H16FNO/c1-10-6-15-14(12-4-3-5-13(18)8-12)9-17(20)19-16(15)7-11(10)2/h3-8,14H,9H2,1-2H3,(H,19,20)/t14-/m1/s1. The van der Waals surface area contributed by atoms with Crippen LogP contribution in [0.3, 0.4) is 0 Å². The summed E-state index contributed by atoms with van der Waals surface area (Å²) < 4.78 is 13.4. The lowest BCUT2D eigenvalue weighted by molar-refractivity contribution is -0.116. The molecule has 0 radical (unpaired) electrons. The molecule has 0 bridgehead atoms. The number of fused-ring (bicyclic) bond motifs is 1. The maximum absolute atomic E-state index is 13.4. The molecule has 0 unspecified atom stereocenters. The van der Waals surface area contributed by atoms with Gasteiger partial charge in [-0.3, -0.25) is 4.79 Å². The van der Waals surface area contributed by atoms with Crippen molar-refractivity contribution in [3.05, 3.63) is 64.5 Å². The lowest BCUT2D eigenvalue weighted by Gasteiger charge is -2.27. The van der Waals surface area contributed by atoms with Gasteiger partial charge in [-0.1, -0.05) is 18.2 Å². The Bertz CT molecular complexity index is 693. The van der Waals surface area contributed by atoms with Crippen LogP contribution in [0.4, 0.5) is 10.1 Å². The lowest BCUT2D eigenvalue weighted by Crippen LogP contribution is -2.23. The fourth-order valence-corrected chi connectivity index (χ4v) is 2.75. The first kappa shape index (κ1) is 12.9. The third-order valence-corrected chi connectivity index (χ3v) is 3.96. The normalized spacial score (nSPS) is 17.6. The van der Waals surface area contributed by atoms with Crippen molar-refractivity contribution in [3.63, 3.8) is 0 Å². The van der Waals surface area contributed by atoms with Crippen molar-refractivity contribution >= 4 is 11.6 Å². The van der Waals surface area contributed by atoms with E-state index in [1.807, 2.05) is 19.1 Å². The van der Waals surface area contributed by atoms with Gasteiger partial charge in [0.05, 0.1) is 0 Å². The van der Waals surface area contributed by atoms with Crippen LogP contribution in [0, 0.1) is 19.7 Å². The van der Waals surface area contributed by atoms with Crippen LogP contribution in [0.2, 0.25) is 0 Å². The quantitative estimate of drug-likeness (QED) is 0.835. The fourth-order valence-electron chi connectivity index (χ4n) is 2.75. The largest absolute Gasteiger partial charge is 0.326 e. The van der Waals surface area contributed by atoms with Gasteiger partial charge in [0.25, 0.3) is 0 Å². The Morgan fingerprint density at radius 1 is 1.15 bits per heavy atom. The van der Waals surface area contributed by atoms with Crippen LogP contribution in [-0.4, -0.2) is 5.91 Å². The molecule has 2 aromatic carbocycles. The molecular weight excluding hydrogens is 253 g/mol. The van der Waals surface area contributed by atoms with Crippen LogP contribution >= 0.6 is 0 Å². The molecule has 1 atom stereocenters. The minimum atomic E-state index is -0.265. The summed E-state index contributed by atoms with van der Waals surface area (Å²) in [5.74, 6) is -0.359. The molecule has 0 fully saturated rings. The summed E-state index contributed by atoms with van der Waals surface area (Å²) in [4.78, 5) is 11.9. The minimum absolute atomic E-state index is 0.0185. The topological polar surface area (TPSA) is 29.1 Å². The van der Waals surface area contributed by atoms with E-state index >= 15 is 0 Å². The molecule has 2 aromatic rings. The number of hydrogen-bond donors (Lipinski definition) is 1. The number of halogens is 1. The van der Waals surface area contributed by atoms with Gasteiger partial charge in [-0.15, -0.1) is 0 Å². The van der Waals surface area contributed by atoms with E-state index in [1.165, 1.54) is 17.7 Å². The smallest absolute Gasteiger partial charge is 0.225 e. The first-order chi connectivity index (χ1) is 9.54. The molecule has 0 saturated heterocycles. The van der Waals surface area contributed by atoms with Gasteiger partial charge in [-0.05, 0) is 54.3 Å². The van der Waals surface area contributed by atoms with Crippen LogP contribution in [0.5, 0.6) is 0 Å². The minimum Gasteiger partial charge on any atom is -0.326 e. The third kappa shape index (κ3) is 2.20. The van der Waals surface area contributed by atoms with Gasteiger partial charge in [0.1, 0.15) is 5.82 Å². The van der Waals surface area contributed by atoms with Crippen molar-refractivity contribution in [1.82, 2.24) is 0 Å². The summed E-state index contributed by atoms with van der Waals surface area (Å²) in [6.45, 7) is 4.07. The molecule has 0 aliphatic carbocycles. The number of carbonyl (C=O) groups excluding carboxylic acids is 1. The summed E-state index contributed by atoms with van der Waals surface area (Å²) >= 11 is 0. The van der Waals surface area contributed by atoms with E-state index in [2.05, 4.69) is 18.3 Å². The highest BCUT2D eigenvalue weighted by atomic mass is 19.1. The third-order valence-electron chi connectivity index (χ3n) is 3.96. The Balaban J connectivity index is 2.14. The predicted molar refractivity (Wildman–Crippen MR) is 77.4 cm³/mol. The van der Waals surface area contributed by atoms with Gasteiger partial charge < -0.3 is 5.32 Å². The second-order valence-corrected chi connectivity index (χ2v) is 5.38. The fraction of sp³-hybridized carbons (Fsp3) is 0.235. The second kappa shape index (κ2) is 4.75. The maximum Gasteiger partial charge on any atom is 0.225 e. The number of aryl methyl sites for hydroxylation is 2. The van der Waals surface area contributed by atoms with E-state index in [0.717, 1.165) is 22.4 Å². The Morgan fingerprint density at radius 3 is 2.65 bits per heavy atom. The van der Waals surface area contributed by atoms with Crippen molar-refractivity contribution in [2.24, 2.45) is 0 Å². The summed E-state index contributed by atoms with van der Waals surface area (Å²) in [7, 11) is 0. The van der Waals surface area contributed by atoms with Gasteiger partial charge in [0.2, 0.25) is 5.91 Å². The van der Waals surface area contributed by atoms with Crippen molar-refractivity contribution in [2.75, 3.05) is 5.32 Å². The van der Waals surface area contributed by atoms with Crippen molar-refractivity contribution in [1.29, 1.82) is 0 Å². The van der Waals surface area contributed by atoms with Crippen molar-refractivity contribution in [2.45, 2.75) is 26.2 Å². The van der Waals surface area contributed by atoms with Gasteiger partial charge >= 0.3 is 0 Å². The van der Waals surface area contributed by atoms with Crippen LogP contribution < -0.4 is 5.32 Å². The van der Waals surface area contributed by atoms with Crippen LogP contribution in [0.25, 0.3) is 0 Å². The molecule has 1 heterocycles. The molecule has 0 saturated carbocycles. The van der Waals surface area contributed by atoms with Crippen LogP contribution in [-0.2, 0) is 4.79 Å². The highest BCUT2D eigenvalue weighted by molar-refractivity contribution is 5.95. The molecule has 0 aromatic heterocycles. The zero-order valence-electron chi connectivity index (χ0n) is 11.5. The van der Waals surface area contributed by atoms with Crippen molar-refractivity contribution in [3.8, 4) is 0 Å². The number of carbonyl (C=O) groups is 1. The second-order valence-electron chi connectivity index (χ2n) is 5.38. The molecule has 0 spiro atoms. The van der Waals surface area contributed by atoms with Crippen LogP contribution in [0.1, 0.15) is 34.6 Å². The molecule has 1 amide bonds. The molecule has 1 aliphatic heterocycles. The first-order valence-electron chi connectivity index (χ1n) is 6.71. The van der Waals surface area contributed by atoms with Gasteiger partial charge in [0, 0.05) is 18.0 Å². The maximum atomic E-state index is 13.4. The number of benzene rings is 2.